The Bertz CT molecular complexity index is 686. The minimum absolute atomic E-state index is 0.171. The Balaban J connectivity index is 1.73. The van der Waals surface area contributed by atoms with Crippen molar-refractivity contribution in [1.82, 2.24) is 10.2 Å². The minimum atomic E-state index is -3.90. The summed E-state index contributed by atoms with van der Waals surface area (Å²) in [7, 11) is -3.90. The zero-order chi connectivity index (χ0) is 20.0. The van der Waals surface area contributed by atoms with Gasteiger partial charge in [0, 0.05) is 11.8 Å². The van der Waals surface area contributed by atoms with Crippen molar-refractivity contribution in [3.8, 4) is 5.75 Å². The van der Waals surface area contributed by atoms with Crippen LogP contribution in [0, 0.1) is 18.8 Å². The van der Waals surface area contributed by atoms with Crippen LogP contribution in [0.4, 0.5) is 0 Å². The molecule has 0 aliphatic heterocycles. The highest BCUT2D eigenvalue weighted by Gasteiger charge is 2.35. The predicted molar refractivity (Wildman–Crippen MR) is 109 cm³/mol. The summed E-state index contributed by atoms with van der Waals surface area (Å²) < 4.78 is 19.2. The zero-order valence-corrected chi connectivity index (χ0v) is 17.5. The van der Waals surface area contributed by atoms with Gasteiger partial charge < -0.3 is 4.52 Å². The van der Waals surface area contributed by atoms with E-state index in [-0.39, 0.29) is 23.7 Å². The van der Waals surface area contributed by atoms with Gasteiger partial charge in [-0.25, -0.2) is 4.57 Å². The van der Waals surface area contributed by atoms with Gasteiger partial charge in [0.25, 0.3) is 0 Å². The van der Waals surface area contributed by atoms with E-state index in [4.69, 9.17) is 4.52 Å². The van der Waals surface area contributed by atoms with E-state index < -0.39 is 7.67 Å². The van der Waals surface area contributed by atoms with Crippen LogP contribution in [0.25, 0.3) is 0 Å². The molecule has 2 fully saturated rings. The van der Waals surface area contributed by atoms with Crippen LogP contribution in [0.5, 0.6) is 5.75 Å². The molecule has 0 spiro atoms. The Labute approximate surface area is 167 Å². The van der Waals surface area contributed by atoms with Gasteiger partial charge in [0.2, 0.25) is 11.8 Å². The van der Waals surface area contributed by atoms with Gasteiger partial charge in [0.05, 0.1) is 0 Å². The van der Waals surface area contributed by atoms with Crippen LogP contribution in [0.15, 0.2) is 24.3 Å². The number of rotatable bonds is 6. The van der Waals surface area contributed by atoms with Crippen LogP contribution in [0.3, 0.4) is 0 Å². The largest absolute Gasteiger partial charge is 0.448 e. The average Bonchev–Trinajstić information content (AvgIpc) is 2.71. The first-order chi connectivity index (χ1) is 13.5. The van der Waals surface area contributed by atoms with Crippen molar-refractivity contribution < 1.29 is 18.7 Å². The van der Waals surface area contributed by atoms with Crippen molar-refractivity contribution in [3.63, 3.8) is 0 Å². The zero-order valence-electron chi connectivity index (χ0n) is 16.6. The van der Waals surface area contributed by atoms with E-state index in [0.717, 1.165) is 69.8 Å². The van der Waals surface area contributed by atoms with Crippen LogP contribution in [0.2, 0.25) is 0 Å². The molecule has 3 rings (SSSR count). The van der Waals surface area contributed by atoms with Crippen LogP contribution >= 0.6 is 7.67 Å². The topological polar surface area (TPSA) is 84.5 Å². The molecule has 0 unspecified atom stereocenters. The molecule has 2 aliphatic rings. The second-order valence-electron chi connectivity index (χ2n) is 8.08. The lowest BCUT2D eigenvalue weighted by molar-refractivity contribution is -0.124. The molecule has 0 atom stereocenters. The van der Waals surface area contributed by atoms with Crippen LogP contribution in [-0.2, 0) is 14.2 Å². The summed E-state index contributed by atoms with van der Waals surface area (Å²) in [4.78, 5) is 25.4. The minimum Gasteiger partial charge on any atom is -0.414 e. The second kappa shape index (κ2) is 9.60. The van der Waals surface area contributed by atoms with E-state index in [1.165, 1.54) is 0 Å². The molecular formula is C21H31N2O4P. The summed E-state index contributed by atoms with van der Waals surface area (Å²) in [6.07, 6.45) is 9.37. The molecule has 7 heteroatoms. The molecule has 1 aromatic rings. The van der Waals surface area contributed by atoms with Gasteiger partial charge in [0.1, 0.15) is 5.75 Å². The third-order valence-corrected chi connectivity index (χ3v) is 7.22. The van der Waals surface area contributed by atoms with Gasteiger partial charge in [-0.3, -0.25) is 19.8 Å². The molecule has 0 aromatic heterocycles. The van der Waals surface area contributed by atoms with Crippen molar-refractivity contribution in [1.29, 1.82) is 0 Å². The summed E-state index contributed by atoms with van der Waals surface area (Å²) in [5.41, 5.74) is 1.04. The SMILES string of the molecule is Cc1ccc(OP(=O)(NC(=O)C2CCCCC2)NC(=O)C2CCCCC2)cc1. The molecule has 0 heterocycles. The summed E-state index contributed by atoms with van der Waals surface area (Å²) >= 11 is 0. The second-order valence-corrected chi connectivity index (χ2v) is 9.81. The smallest absolute Gasteiger partial charge is 0.414 e. The summed E-state index contributed by atoms with van der Waals surface area (Å²) in [6.45, 7) is 1.94. The molecule has 0 bridgehead atoms. The molecule has 0 saturated heterocycles. The standard InChI is InChI=1S/C21H31N2O4P/c1-16-12-14-19(15-13-16)27-28(26,22-20(24)17-8-4-2-5-9-17)23-21(25)18-10-6-3-7-11-18/h12-15,17-18H,2-11H2,1H3,(H2,22,23,24,25,26). The molecule has 2 saturated carbocycles. The molecule has 154 valence electrons. The molecule has 6 nitrogen and oxygen atoms in total. The molecule has 2 aliphatic carbocycles. The van der Waals surface area contributed by atoms with Gasteiger partial charge >= 0.3 is 7.67 Å². The van der Waals surface area contributed by atoms with Crippen molar-refractivity contribution in [2.75, 3.05) is 0 Å². The lowest BCUT2D eigenvalue weighted by Gasteiger charge is -2.27. The Morgan fingerprint density at radius 2 is 1.25 bits per heavy atom. The van der Waals surface area contributed by atoms with Gasteiger partial charge in [-0.1, -0.05) is 56.2 Å². The predicted octanol–water partition coefficient (Wildman–Crippen LogP) is 4.87. The number of nitrogens with one attached hydrogen (secondary N) is 2. The van der Waals surface area contributed by atoms with Gasteiger partial charge in [-0.05, 0) is 44.7 Å². The van der Waals surface area contributed by atoms with Crippen LogP contribution in [-0.4, -0.2) is 11.8 Å². The lowest BCUT2D eigenvalue weighted by atomic mass is 9.89. The fraction of sp³-hybridized carbons (Fsp3) is 0.619. The normalized spacial score (nSPS) is 19.0. The summed E-state index contributed by atoms with van der Waals surface area (Å²) in [6, 6.07) is 7.07. The van der Waals surface area contributed by atoms with Gasteiger partial charge in [-0.15, -0.1) is 0 Å². The highest BCUT2D eigenvalue weighted by molar-refractivity contribution is 7.56. The molecule has 2 amide bonds. The van der Waals surface area contributed by atoms with Crippen LogP contribution < -0.4 is 14.7 Å². The fourth-order valence-electron chi connectivity index (χ4n) is 4.02. The maximum absolute atomic E-state index is 13.5. The number of aryl methyl sites for hydroxylation is 1. The average molecular weight is 406 g/mol. The van der Waals surface area contributed by atoms with E-state index in [2.05, 4.69) is 10.2 Å². The highest BCUT2D eigenvalue weighted by atomic mass is 31.2. The maximum Gasteiger partial charge on any atom is 0.448 e. The molecular weight excluding hydrogens is 375 g/mol. The van der Waals surface area contributed by atoms with Gasteiger partial charge in [-0.2, -0.15) is 0 Å². The van der Waals surface area contributed by atoms with Crippen molar-refractivity contribution in [2.24, 2.45) is 11.8 Å². The number of hydrogen-bond donors (Lipinski definition) is 2. The Kier molecular flexibility index (Phi) is 7.17. The monoisotopic (exact) mass is 406 g/mol. The first kappa shape index (κ1) is 20.9. The number of carbonyl (C=O) groups is 2. The number of carbonyl (C=O) groups excluding carboxylic acids is 2. The summed E-state index contributed by atoms with van der Waals surface area (Å²) in [5, 5.41) is 5.12. The van der Waals surface area contributed by atoms with Crippen molar-refractivity contribution >= 4 is 19.5 Å². The van der Waals surface area contributed by atoms with Crippen LogP contribution in [0.1, 0.15) is 69.8 Å². The Hall–Kier alpha value is -1.81. The van der Waals surface area contributed by atoms with E-state index in [9.17, 15) is 14.2 Å². The van der Waals surface area contributed by atoms with E-state index >= 15 is 0 Å². The third kappa shape index (κ3) is 5.84. The quantitative estimate of drug-likeness (QED) is 0.660. The van der Waals surface area contributed by atoms with E-state index in [1.807, 2.05) is 19.1 Å². The van der Waals surface area contributed by atoms with Gasteiger partial charge in [0.15, 0.2) is 0 Å². The number of hydrogen-bond acceptors (Lipinski definition) is 4. The van der Waals surface area contributed by atoms with E-state index in [1.54, 1.807) is 12.1 Å². The summed E-state index contributed by atoms with van der Waals surface area (Å²) in [5.74, 6) is -0.564. The first-order valence-electron chi connectivity index (χ1n) is 10.5. The Morgan fingerprint density at radius 1 is 0.821 bits per heavy atom. The first-order valence-corrected chi connectivity index (χ1v) is 12.1. The lowest BCUT2D eigenvalue weighted by Crippen LogP contribution is -2.40. The Morgan fingerprint density at radius 3 is 1.68 bits per heavy atom. The van der Waals surface area contributed by atoms with Crippen molar-refractivity contribution in [3.05, 3.63) is 29.8 Å². The third-order valence-electron chi connectivity index (χ3n) is 5.72. The highest BCUT2D eigenvalue weighted by Crippen LogP contribution is 2.41. The molecule has 2 N–H and O–H groups in total. The fourth-order valence-corrected chi connectivity index (χ4v) is 5.53. The molecule has 0 radical (unpaired) electrons. The molecule has 28 heavy (non-hydrogen) atoms. The van der Waals surface area contributed by atoms with E-state index in [0.29, 0.717) is 5.75 Å². The maximum atomic E-state index is 13.5. The number of amides is 2. The molecule has 1 aromatic carbocycles. The van der Waals surface area contributed by atoms with Crippen molar-refractivity contribution in [2.45, 2.75) is 71.1 Å². The number of benzene rings is 1.